The third-order valence-corrected chi connectivity index (χ3v) is 4.53. The number of nitrogens with one attached hydrogen (secondary N) is 1. The van der Waals surface area contributed by atoms with E-state index in [0.717, 1.165) is 44.1 Å². The molecule has 0 bridgehead atoms. The van der Waals surface area contributed by atoms with Gasteiger partial charge in [0, 0.05) is 10.9 Å². The molecule has 1 saturated heterocycles. The topological polar surface area (TPSA) is 45.2 Å². The van der Waals surface area contributed by atoms with Gasteiger partial charge >= 0.3 is 0 Å². The van der Waals surface area contributed by atoms with Gasteiger partial charge in [0.25, 0.3) is 0 Å². The van der Waals surface area contributed by atoms with Crippen LogP contribution in [0.1, 0.15) is 19.3 Å². The van der Waals surface area contributed by atoms with Gasteiger partial charge in [0.15, 0.2) is 5.13 Å². The van der Waals surface area contributed by atoms with Crippen LogP contribution in [0.15, 0.2) is 23.6 Å². The van der Waals surface area contributed by atoms with Crippen LogP contribution in [0.2, 0.25) is 0 Å². The SMILES string of the molecule is O=C(CN1CCCCC1)Nc1nc(-c2cc(F)ccc2F)cs1. The highest BCUT2D eigenvalue weighted by Crippen LogP contribution is 2.27. The van der Waals surface area contributed by atoms with E-state index >= 15 is 0 Å². The molecule has 1 aliphatic heterocycles. The molecule has 0 aliphatic carbocycles. The third kappa shape index (κ3) is 4.11. The van der Waals surface area contributed by atoms with E-state index in [1.165, 1.54) is 17.8 Å². The van der Waals surface area contributed by atoms with Crippen LogP contribution < -0.4 is 5.32 Å². The molecule has 4 nitrogen and oxygen atoms in total. The van der Waals surface area contributed by atoms with E-state index in [4.69, 9.17) is 0 Å². The fourth-order valence-electron chi connectivity index (χ4n) is 2.63. The molecule has 0 radical (unpaired) electrons. The van der Waals surface area contributed by atoms with Gasteiger partial charge in [-0.3, -0.25) is 9.69 Å². The number of thiazole rings is 1. The smallest absolute Gasteiger partial charge is 0.240 e. The summed E-state index contributed by atoms with van der Waals surface area (Å²) in [5, 5.41) is 4.72. The third-order valence-electron chi connectivity index (χ3n) is 3.77. The van der Waals surface area contributed by atoms with Crippen LogP contribution in [0, 0.1) is 11.6 Å². The van der Waals surface area contributed by atoms with E-state index in [0.29, 0.717) is 17.4 Å². The Hall–Kier alpha value is -1.86. The Labute approximate surface area is 137 Å². The van der Waals surface area contributed by atoms with Crippen molar-refractivity contribution in [3.8, 4) is 11.3 Å². The summed E-state index contributed by atoms with van der Waals surface area (Å²) < 4.78 is 27.0. The molecule has 3 rings (SSSR count). The number of aromatic nitrogens is 1. The van der Waals surface area contributed by atoms with Crippen LogP contribution in [0.25, 0.3) is 11.3 Å². The van der Waals surface area contributed by atoms with Crippen molar-refractivity contribution in [1.29, 1.82) is 0 Å². The highest BCUT2D eigenvalue weighted by atomic mass is 32.1. The van der Waals surface area contributed by atoms with Crippen molar-refractivity contribution < 1.29 is 13.6 Å². The molecular weight excluding hydrogens is 320 g/mol. The summed E-state index contributed by atoms with van der Waals surface area (Å²) in [7, 11) is 0. The summed E-state index contributed by atoms with van der Waals surface area (Å²) in [4.78, 5) is 18.3. The minimum absolute atomic E-state index is 0.0952. The molecule has 2 heterocycles. The summed E-state index contributed by atoms with van der Waals surface area (Å²) in [6, 6.07) is 3.23. The molecule has 122 valence electrons. The number of benzene rings is 1. The lowest BCUT2D eigenvalue weighted by molar-refractivity contribution is -0.117. The van der Waals surface area contributed by atoms with Crippen molar-refractivity contribution in [1.82, 2.24) is 9.88 Å². The highest BCUT2D eigenvalue weighted by Gasteiger charge is 2.16. The van der Waals surface area contributed by atoms with E-state index in [9.17, 15) is 13.6 Å². The van der Waals surface area contributed by atoms with Crippen molar-refractivity contribution >= 4 is 22.4 Å². The van der Waals surface area contributed by atoms with Crippen LogP contribution in [0.3, 0.4) is 0 Å². The fourth-order valence-corrected chi connectivity index (χ4v) is 3.35. The lowest BCUT2D eigenvalue weighted by Crippen LogP contribution is -2.36. The van der Waals surface area contributed by atoms with Crippen LogP contribution in [0.4, 0.5) is 13.9 Å². The number of amides is 1. The van der Waals surface area contributed by atoms with E-state index in [1.807, 2.05) is 0 Å². The standard InChI is InChI=1S/C16H17F2N3OS/c17-11-4-5-13(18)12(8-11)14-10-23-16(19-14)20-15(22)9-21-6-2-1-3-7-21/h4-5,8,10H,1-3,6-7,9H2,(H,19,20,22). The maximum atomic E-state index is 13.7. The number of carbonyl (C=O) groups is 1. The lowest BCUT2D eigenvalue weighted by Gasteiger charge is -2.25. The first-order valence-corrected chi connectivity index (χ1v) is 8.43. The highest BCUT2D eigenvalue weighted by molar-refractivity contribution is 7.14. The van der Waals surface area contributed by atoms with E-state index in [2.05, 4.69) is 15.2 Å². The molecule has 2 aromatic rings. The zero-order valence-corrected chi connectivity index (χ0v) is 13.3. The Morgan fingerprint density at radius 2 is 2.04 bits per heavy atom. The number of piperidine rings is 1. The fraction of sp³-hybridized carbons (Fsp3) is 0.375. The molecule has 0 saturated carbocycles. The average Bonchev–Trinajstić information content (AvgIpc) is 2.98. The molecule has 23 heavy (non-hydrogen) atoms. The molecule has 7 heteroatoms. The van der Waals surface area contributed by atoms with Crippen molar-refractivity contribution in [2.24, 2.45) is 0 Å². The summed E-state index contributed by atoms with van der Waals surface area (Å²) in [6.07, 6.45) is 3.45. The molecule has 1 fully saturated rings. The zero-order valence-electron chi connectivity index (χ0n) is 12.5. The largest absolute Gasteiger partial charge is 0.301 e. The van der Waals surface area contributed by atoms with Gasteiger partial charge in [-0.2, -0.15) is 0 Å². The quantitative estimate of drug-likeness (QED) is 0.928. The summed E-state index contributed by atoms with van der Waals surface area (Å²) in [5.41, 5.74) is 0.415. The monoisotopic (exact) mass is 337 g/mol. The van der Waals surface area contributed by atoms with Gasteiger partial charge in [-0.25, -0.2) is 13.8 Å². The second kappa shape index (κ2) is 7.14. The van der Waals surface area contributed by atoms with E-state index in [-0.39, 0.29) is 11.5 Å². The first-order chi connectivity index (χ1) is 11.1. The molecule has 0 atom stereocenters. The molecule has 0 unspecified atom stereocenters. The first kappa shape index (κ1) is 16.0. The number of carbonyl (C=O) groups excluding carboxylic acids is 1. The van der Waals surface area contributed by atoms with Gasteiger partial charge in [0.2, 0.25) is 5.91 Å². The molecule has 0 spiro atoms. The normalized spacial score (nSPS) is 15.6. The van der Waals surface area contributed by atoms with E-state index in [1.54, 1.807) is 5.38 Å². The zero-order chi connectivity index (χ0) is 16.2. The van der Waals surface area contributed by atoms with Crippen LogP contribution in [-0.4, -0.2) is 35.4 Å². The lowest BCUT2D eigenvalue weighted by atomic mass is 10.1. The molecular formula is C16H17F2N3OS. The van der Waals surface area contributed by atoms with Crippen LogP contribution in [0.5, 0.6) is 0 Å². The Kier molecular flexibility index (Phi) is 4.97. The predicted molar refractivity (Wildman–Crippen MR) is 86.4 cm³/mol. The van der Waals surface area contributed by atoms with Crippen molar-refractivity contribution in [3.05, 3.63) is 35.2 Å². The number of halogens is 2. The molecule has 1 N–H and O–H groups in total. The number of likely N-dealkylation sites (tertiary alicyclic amines) is 1. The Morgan fingerprint density at radius 3 is 2.83 bits per heavy atom. The van der Waals surface area contributed by atoms with Gasteiger partial charge in [0.05, 0.1) is 12.2 Å². The number of nitrogens with zero attached hydrogens (tertiary/aromatic N) is 2. The van der Waals surface area contributed by atoms with Crippen molar-refractivity contribution in [3.63, 3.8) is 0 Å². The minimum Gasteiger partial charge on any atom is -0.301 e. The van der Waals surface area contributed by atoms with Gasteiger partial charge < -0.3 is 5.32 Å². The Morgan fingerprint density at radius 1 is 1.26 bits per heavy atom. The Bertz CT molecular complexity index is 698. The second-order valence-electron chi connectivity index (χ2n) is 5.55. The molecule has 1 amide bonds. The average molecular weight is 337 g/mol. The van der Waals surface area contributed by atoms with E-state index < -0.39 is 11.6 Å². The summed E-state index contributed by atoms with van der Waals surface area (Å²) in [6.45, 7) is 2.21. The minimum atomic E-state index is -0.539. The van der Waals surface area contributed by atoms with Gasteiger partial charge in [-0.15, -0.1) is 11.3 Å². The maximum Gasteiger partial charge on any atom is 0.240 e. The summed E-state index contributed by atoms with van der Waals surface area (Å²) >= 11 is 1.20. The number of hydrogen-bond acceptors (Lipinski definition) is 4. The number of hydrogen-bond donors (Lipinski definition) is 1. The molecule has 1 aromatic heterocycles. The van der Waals surface area contributed by atoms with Crippen molar-refractivity contribution in [2.45, 2.75) is 19.3 Å². The second-order valence-corrected chi connectivity index (χ2v) is 6.41. The Balaban J connectivity index is 1.64. The van der Waals surface area contributed by atoms with Gasteiger partial charge in [-0.05, 0) is 44.1 Å². The number of anilines is 1. The van der Waals surface area contributed by atoms with Gasteiger partial charge in [0.1, 0.15) is 11.6 Å². The predicted octanol–water partition coefficient (Wildman–Crippen LogP) is 3.51. The number of rotatable bonds is 4. The molecule has 1 aliphatic rings. The van der Waals surface area contributed by atoms with Crippen LogP contribution >= 0.6 is 11.3 Å². The maximum absolute atomic E-state index is 13.7. The first-order valence-electron chi connectivity index (χ1n) is 7.55. The summed E-state index contributed by atoms with van der Waals surface area (Å²) in [5.74, 6) is -1.19. The molecule has 1 aromatic carbocycles. The van der Waals surface area contributed by atoms with Gasteiger partial charge in [-0.1, -0.05) is 6.42 Å². The van der Waals surface area contributed by atoms with Crippen molar-refractivity contribution in [2.75, 3.05) is 25.0 Å². The van der Waals surface area contributed by atoms with Crippen LogP contribution in [-0.2, 0) is 4.79 Å².